The molecule has 0 radical (unpaired) electrons. The van der Waals surface area contributed by atoms with Gasteiger partial charge in [-0.1, -0.05) is 33.6 Å². The highest BCUT2D eigenvalue weighted by molar-refractivity contribution is 5.98. The van der Waals surface area contributed by atoms with Crippen molar-refractivity contribution in [2.24, 2.45) is 0 Å². The van der Waals surface area contributed by atoms with Gasteiger partial charge >= 0.3 is 5.97 Å². The Morgan fingerprint density at radius 3 is 1.79 bits per heavy atom. The smallest absolute Gasteiger partial charge is 0.311 e. The van der Waals surface area contributed by atoms with Gasteiger partial charge in [0.15, 0.2) is 0 Å². The first-order chi connectivity index (χ1) is 9.02. The summed E-state index contributed by atoms with van der Waals surface area (Å²) >= 11 is 0. The Labute approximate surface area is 115 Å². The predicted octanol–water partition coefficient (Wildman–Crippen LogP) is 2.77. The van der Waals surface area contributed by atoms with Gasteiger partial charge in [-0.2, -0.15) is 0 Å². The molecule has 0 amide bonds. The quantitative estimate of drug-likeness (QED) is 0.336. The molecular weight excluding hydrogens is 248 g/mol. The van der Waals surface area contributed by atoms with Gasteiger partial charge in [0.1, 0.15) is 6.42 Å². The van der Waals surface area contributed by atoms with Crippen molar-refractivity contribution >= 4 is 11.8 Å². The van der Waals surface area contributed by atoms with Crippen LogP contribution in [0, 0.1) is 0 Å². The average Bonchev–Trinajstić information content (AvgIpc) is 2.36. The lowest BCUT2D eigenvalue weighted by Gasteiger charge is -2.31. The minimum atomic E-state index is -1.39. The van der Waals surface area contributed by atoms with Crippen LogP contribution in [0.4, 0.5) is 0 Å². The summed E-state index contributed by atoms with van der Waals surface area (Å²) in [6, 6.07) is 0. The second kappa shape index (κ2) is 9.92. The van der Waals surface area contributed by atoms with Gasteiger partial charge < -0.3 is 14.6 Å². The Bertz CT molecular complexity index is 265. The number of ketones is 1. The van der Waals surface area contributed by atoms with E-state index in [9.17, 15) is 9.59 Å². The third kappa shape index (κ3) is 6.68. The molecule has 112 valence electrons. The molecule has 0 saturated heterocycles. The number of ether oxygens (including phenoxy) is 2. The minimum absolute atomic E-state index is 0.326. The summed E-state index contributed by atoms with van der Waals surface area (Å²) in [5, 5.41) is 8.75. The van der Waals surface area contributed by atoms with Crippen LogP contribution in [0.3, 0.4) is 0 Å². The first-order valence-electron chi connectivity index (χ1n) is 7.05. The molecule has 0 fully saturated rings. The van der Waals surface area contributed by atoms with Crippen LogP contribution in [0.25, 0.3) is 0 Å². The maximum atomic E-state index is 12.1. The first kappa shape index (κ1) is 18.1. The molecular formula is C14H26O5. The molecule has 19 heavy (non-hydrogen) atoms. The van der Waals surface area contributed by atoms with Crippen LogP contribution < -0.4 is 0 Å². The second-order valence-electron chi connectivity index (χ2n) is 4.50. The molecule has 0 saturated carbocycles. The number of carbonyl (C=O) groups excluding carboxylic acids is 1. The number of unbranched alkanes of at least 4 members (excludes halogenated alkanes) is 2. The van der Waals surface area contributed by atoms with Crippen LogP contribution in [0.2, 0.25) is 0 Å². The average molecular weight is 274 g/mol. The molecule has 5 heteroatoms. The maximum Gasteiger partial charge on any atom is 0.311 e. The summed E-state index contributed by atoms with van der Waals surface area (Å²) in [5.41, 5.74) is 0. The predicted molar refractivity (Wildman–Crippen MR) is 72.0 cm³/mol. The highest BCUT2D eigenvalue weighted by atomic mass is 16.7. The van der Waals surface area contributed by atoms with Crippen molar-refractivity contribution in [2.45, 2.75) is 65.1 Å². The van der Waals surface area contributed by atoms with E-state index in [4.69, 9.17) is 14.6 Å². The number of aliphatic carboxylic acids is 1. The topological polar surface area (TPSA) is 72.8 Å². The van der Waals surface area contributed by atoms with Crippen molar-refractivity contribution in [3.8, 4) is 0 Å². The SMILES string of the molecule is CCCCOC(CC)(OCCCC)C(=O)CC(=O)O. The molecule has 0 aromatic carbocycles. The Morgan fingerprint density at radius 1 is 1.00 bits per heavy atom. The molecule has 0 unspecified atom stereocenters. The van der Waals surface area contributed by atoms with Crippen LogP contribution in [-0.2, 0) is 19.1 Å². The molecule has 5 nitrogen and oxygen atoms in total. The van der Waals surface area contributed by atoms with E-state index in [-0.39, 0.29) is 0 Å². The highest BCUT2D eigenvalue weighted by Crippen LogP contribution is 2.22. The Balaban J connectivity index is 4.71. The molecule has 0 heterocycles. The normalized spacial score (nSPS) is 11.5. The van der Waals surface area contributed by atoms with E-state index in [1.54, 1.807) is 6.92 Å². The standard InChI is InChI=1S/C14H26O5/c1-4-7-9-18-14(6-3,19-10-8-5-2)12(15)11-13(16)17/h4-11H2,1-3H3,(H,16,17). The zero-order valence-corrected chi connectivity index (χ0v) is 12.2. The number of carboxylic acids is 1. The molecule has 0 aliphatic heterocycles. The number of hydrogen-bond acceptors (Lipinski definition) is 4. The molecule has 0 aliphatic rings. The Morgan fingerprint density at radius 2 is 1.47 bits per heavy atom. The number of rotatable bonds is 12. The van der Waals surface area contributed by atoms with E-state index < -0.39 is 24.0 Å². The highest BCUT2D eigenvalue weighted by Gasteiger charge is 2.39. The third-order valence-corrected chi connectivity index (χ3v) is 2.87. The van der Waals surface area contributed by atoms with Crippen molar-refractivity contribution in [2.75, 3.05) is 13.2 Å². The fraction of sp³-hybridized carbons (Fsp3) is 0.857. The van der Waals surface area contributed by atoms with Crippen molar-refractivity contribution < 1.29 is 24.2 Å². The third-order valence-electron chi connectivity index (χ3n) is 2.87. The van der Waals surface area contributed by atoms with E-state index in [1.807, 2.05) is 13.8 Å². The number of Topliss-reactive ketones (excluding diaryl/α,β-unsaturated/α-hetero) is 1. The second-order valence-corrected chi connectivity index (χ2v) is 4.50. The van der Waals surface area contributed by atoms with Gasteiger partial charge in [-0.3, -0.25) is 9.59 Å². The molecule has 0 aliphatic carbocycles. The lowest BCUT2D eigenvalue weighted by molar-refractivity contribution is -0.231. The van der Waals surface area contributed by atoms with Crippen LogP contribution in [0.1, 0.15) is 59.3 Å². The zero-order valence-electron chi connectivity index (χ0n) is 12.2. The summed E-state index contributed by atoms with van der Waals surface area (Å²) in [6.45, 7) is 6.63. The van der Waals surface area contributed by atoms with Gasteiger partial charge in [-0.05, 0) is 12.8 Å². The molecule has 0 aromatic rings. The van der Waals surface area contributed by atoms with Crippen LogP contribution in [0.15, 0.2) is 0 Å². The lowest BCUT2D eigenvalue weighted by Crippen LogP contribution is -2.45. The van der Waals surface area contributed by atoms with Crippen molar-refractivity contribution in [3.63, 3.8) is 0 Å². The number of carbonyl (C=O) groups is 2. The summed E-state index contributed by atoms with van der Waals surface area (Å²) in [4.78, 5) is 22.8. The zero-order chi connectivity index (χ0) is 14.7. The summed E-state index contributed by atoms with van der Waals surface area (Å²) in [5.74, 6) is -3.04. The lowest BCUT2D eigenvalue weighted by atomic mass is 10.1. The van der Waals surface area contributed by atoms with Gasteiger partial charge in [0, 0.05) is 6.42 Å². The molecule has 0 atom stereocenters. The fourth-order valence-corrected chi connectivity index (χ4v) is 1.64. The van der Waals surface area contributed by atoms with E-state index >= 15 is 0 Å². The van der Waals surface area contributed by atoms with E-state index in [2.05, 4.69) is 0 Å². The number of hydrogen-bond donors (Lipinski definition) is 1. The van der Waals surface area contributed by atoms with E-state index in [0.29, 0.717) is 19.6 Å². The van der Waals surface area contributed by atoms with Crippen LogP contribution >= 0.6 is 0 Å². The molecule has 0 spiro atoms. The van der Waals surface area contributed by atoms with Gasteiger partial charge in [0.25, 0.3) is 0 Å². The summed E-state index contributed by atoms with van der Waals surface area (Å²) in [7, 11) is 0. The van der Waals surface area contributed by atoms with Crippen molar-refractivity contribution in [1.82, 2.24) is 0 Å². The largest absolute Gasteiger partial charge is 0.481 e. The summed E-state index contributed by atoms with van der Waals surface area (Å²) in [6.07, 6.45) is 3.29. The van der Waals surface area contributed by atoms with E-state index in [0.717, 1.165) is 25.7 Å². The molecule has 0 rings (SSSR count). The Kier molecular flexibility index (Phi) is 9.43. The maximum absolute atomic E-state index is 12.1. The number of carboxylic acid groups (broad SMARTS) is 1. The molecule has 1 N–H and O–H groups in total. The van der Waals surface area contributed by atoms with E-state index in [1.165, 1.54) is 0 Å². The fourth-order valence-electron chi connectivity index (χ4n) is 1.64. The first-order valence-corrected chi connectivity index (χ1v) is 7.05. The summed E-state index contributed by atoms with van der Waals surface area (Å²) < 4.78 is 11.2. The van der Waals surface area contributed by atoms with Crippen LogP contribution in [0.5, 0.6) is 0 Å². The van der Waals surface area contributed by atoms with Gasteiger partial charge in [-0.25, -0.2) is 0 Å². The van der Waals surface area contributed by atoms with Crippen LogP contribution in [-0.4, -0.2) is 35.9 Å². The van der Waals surface area contributed by atoms with Gasteiger partial charge in [0.05, 0.1) is 13.2 Å². The minimum Gasteiger partial charge on any atom is -0.481 e. The molecule has 0 bridgehead atoms. The van der Waals surface area contributed by atoms with Crippen molar-refractivity contribution in [3.05, 3.63) is 0 Å². The molecule has 0 aromatic heterocycles. The monoisotopic (exact) mass is 274 g/mol. The van der Waals surface area contributed by atoms with Crippen molar-refractivity contribution in [1.29, 1.82) is 0 Å². The Hall–Kier alpha value is -0.940. The van der Waals surface area contributed by atoms with Gasteiger partial charge in [0.2, 0.25) is 11.6 Å². The van der Waals surface area contributed by atoms with Gasteiger partial charge in [-0.15, -0.1) is 0 Å².